The molecule has 6 nitrogen and oxygen atoms in total. The molecule has 2 fully saturated rings. The van der Waals surface area contributed by atoms with Gasteiger partial charge in [0.05, 0.1) is 0 Å². The van der Waals surface area contributed by atoms with Gasteiger partial charge in [0, 0.05) is 37.3 Å². The van der Waals surface area contributed by atoms with Gasteiger partial charge in [0.2, 0.25) is 10.0 Å². The van der Waals surface area contributed by atoms with Crippen molar-refractivity contribution >= 4 is 15.9 Å². The second kappa shape index (κ2) is 6.72. The summed E-state index contributed by atoms with van der Waals surface area (Å²) in [6.45, 7) is 1.34. The van der Waals surface area contributed by atoms with Crippen molar-refractivity contribution < 1.29 is 22.0 Å². The summed E-state index contributed by atoms with van der Waals surface area (Å²) in [4.78, 5) is 16.7. The van der Waals surface area contributed by atoms with Gasteiger partial charge in [0.1, 0.15) is 22.2 Å². The van der Waals surface area contributed by atoms with E-state index >= 15 is 0 Å². The molecule has 0 spiro atoms. The van der Waals surface area contributed by atoms with Gasteiger partial charge in [-0.25, -0.2) is 21.9 Å². The van der Waals surface area contributed by atoms with Crippen molar-refractivity contribution in [3.05, 3.63) is 53.4 Å². The van der Waals surface area contributed by atoms with Crippen LogP contribution in [0.1, 0.15) is 41.2 Å². The van der Waals surface area contributed by atoms with Crippen LogP contribution in [-0.4, -0.2) is 43.3 Å². The van der Waals surface area contributed by atoms with Crippen molar-refractivity contribution in [2.75, 3.05) is 13.1 Å². The molecular weight excluding hydrogens is 376 g/mol. The van der Waals surface area contributed by atoms with Gasteiger partial charge in [0.25, 0.3) is 5.91 Å². The molecule has 27 heavy (non-hydrogen) atoms. The van der Waals surface area contributed by atoms with Gasteiger partial charge in [-0.3, -0.25) is 4.79 Å². The van der Waals surface area contributed by atoms with Crippen LogP contribution in [-0.2, 0) is 10.0 Å². The molecule has 144 valence electrons. The normalized spacial score (nSPS) is 22.2. The fraction of sp³-hybridized carbons (Fsp3) is 0.389. The fourth-order valence-corrected chi connectivity index (χ4v) is 4.76. The number of hydrogen-bond donors (Lipinski definition) is 2. The number of rotatable bonds is 5. The molecule has 0 bridgehead atoms. The summed E-state index contributed by atoms with van der Waals surface area (Å²) in [5, 5.41) is 0. The van der Waals surface area contributed by atoms with Crippen molar-refractivity contribution in [1.29, 1.82) is 0 Å². The molecule has 1 amide bonds. The summed E-state index contributed by atoms with van der Waals surface area (Å²) in [6.07, 6.45) is 3.61. The van der Waals surface area contributed by atoms with Gasteiger partial charge in [-0.15, -0.1) is 0 Å². The number of halogens is 2. The second-order valence-electron chi connectivity index (χ2n) is 6.98. The third kappa shape index (κ3) is 3.61. The first-order chi connectivity index (χ1) is 12.8. The van der Waals surface area contributed by atoms with Crippen LogP contribution >= 0.6 is 0 Å². The molecule has 2 heterocycles. The standard InChI is InChI=1S/C18H19F2N3O3S/c19-11-3-4-13(15(20)7-11)14-9-16(14)22-27(25,26)12-8-17(21-10-12)18(24)23-5-1-2-6-23/h3-4,7-8,10,14,16,21-22H,1-2,5-6,9H2/t14-,16+/m1/s1. The van der Waals surface area contributed by atoms with E-state index in [2.05, 4.69) is 9.71 Å². The van der Waals surface area contributed by atoms with Crippen LogP contribution < -0.4 is 4.72 Å². The first kappa shape index (κ1) is 18.1. The van der Waals surface area contributed by atoms with E-state index in [0.717, 1.165) is 25.0 Å². The lowest BCUT2D eigenvalue weighted by molar-refractivity contribution is 0.0787. The average Bonchev–Trinajstić information content (AvgIpc) is 3.08. The summed E-state index contributed by atoms with van der Waals surface area (Å²) >= 11 is 0. The average molecular weight is 395 g/mol. The number of likely N-dealkylation sites (tertiary alicyclic amines) is 1. The van der Waals surface area contributed by atoms with Crippen LogP contribution in [0, 0.1) is 11.6 Å². The summed E-state index contributed by atoms with van der Waals surface area (Å²) in [7, 11) is -3.84. The lowest BCUT2D eigenvalue weighted by Crippen LogP contribution is -2.28. The lowest BCUT2D eigenvalue weighted by Gasteiger charge is -2.13. The molecule has 2 aliphatic rings. The molecule has 9 heteroatoms. The number of hydrogen-bond acceptors (Lipinski definition) is 3. The number of sulfonamides is 1. The first-order valence-corrected chi connectivity index (χ1v) is 10.3. The van der Waals surface area contributed by atoms with Gasteiger partial charge in [-0.1, -0.05) is 6.07 Å². The van der Waals surface area contributed by atoms with Crippen molar-refractivity contribution in [2.24, 2.45) is 0 Å². The van der Waals surface area contributed by atoms with Crippen LogP contribution in [0.25, 0.3) is 0 Å². The van der Waals surface area contributed by atoms with Crippen LogP contribution in [0.15, 0.2) is 35.4 Å². The van der Waals surface area contributed by atoms with Crippen molar-refractivity contribution in [2.45, 2.75) is 36.1 Å². The smallest absolute Gasteiger partial charge is 0.270 e. The molecule has 2 N–H and O–H groups in total. The molecule has 4 rings (SSSR count). The zero-order valence-electron chi connectivity index (χ0n) is 14.4. The molecule has 2 aromatic rings. The number of nitrogens with zero attached hydrogens (tertiary/aromatic N) is 1. The van der Waals surface area contributed by atoms with E-state index in [9.17, 15) is 22.0 Å². The molecule has 0 radical (unpaired) electrons. The molecule has 1 aromatic heterocycles. The van der Waals surface area contributed by atoms with E-state index in [4.69, 9.17) is 0 Å². The maximum atomic E-state index is 13.8. The minimum absolute atomic E-state index is 0.0322. The third-order valence-corrected chi connectivity index (χ3v) is 6.52. The van der Waals surface area contributed by atoms with Crippen LogP contribution in [0.3, 0.4) is 0 Å². The van der Waals surface area contributed by atoms with Crippen molar-refractivity contribution in [1.82, 2.24) is 14.6 Å². The minimum Gasteiger partial charge on any atom is -0.356 e. The maximum Gasteiger partial charge on any atom is 0.270 e. The number of carbonyl (C=O) groups excluding carboxylic acids is 1. The molecule has 1 saturated carbocycles. The molecule has 1 aliphatic heterocycles. The van der Waals surface area contributed by atoms with Crippen LogP contribution in [0.4, 0.5) is 8.78 Å². The van der Waals surface area contributed by atoms with E-state index in [1.807, 2.05) is 0 Å². The number of nitrogens with one attached hydrogen (secondary N) is 2. The third-order valence-electron chi connectivity index (χ3n) is 5.05. The van der Waals surface area contributed by atoms with Gasteiger partial charge in [-0.05, 0) is 37.0 Å². The number of H-pyrrole nitrogens is 1. The van der Waals surface area contributed by atoms with Crippen LogP contribution in [0.2, 0.25) is 0 Å². The van der Waals surface area contributed by atoms with Gasteiger partial charge < -0.3 is 9.88 Å². The van der Waals surface area contributed by atoms with E-state index in [1.165, 1.54) is 18.3 Å². The number of aromatic nitrogens is 1. The summed E-state index contributed by atoms with van der Waals surface area (Å²) in [5.41, 5.74) is 0.525. The Bertz CT molecular complexity index is 983. The topological polar surface area (TPSA) is 82.3 Å². The highest BCUT2D eigenvalue weighted by molar-refractivity contribution is 7.89. The molecule has 2 atom stereocenters. The Hall–Kier alpha value is -2.26. The quantitative estimate of drug-likeness (QED) is 0.815. The Morgan fingerprint density at radius 1 is 1.19 bits per heavy atom. The zero-order valence-corrected chi connectivity index (χ0v) is 15.2. The van der Waals surface area contributed by atoms with Crippen molar-refractivity contribution in [3.63, 3.8) is 0 Å². The lowest BCUT2D eigenvalue weighted by atomic mass is 10.1. The van der Waals surface area contributed by atoms with Gasteiger partial charge in [0.15, 0.2) is 0 Å². The SMILES string of the molecule is O=C(c1cc(S(=O)(=O)N[C@H]2C[C@@H]2c2ccc(F)cc2F)c[nH]1)N1CCCC1. The number of aromatic amines is 1. The minimum atomic E-state index is -3.84. The zero-order chi connectivity index (χ0) is 19.2. The number of carbonyl (C=O) groups is 1. The van der Waals surface area contributed by atoms with Crippen molar-refractivity contribution in [3.8, 4) is 0 Å². The fourth-order valence-electron chi connectivity index (χ4n) is 3.48. The van der Waals surface area contributed by atoms with Gasteiger partial charge in [-0.2, -0.15) is 0 Å². The Morgan fingerprint density at radius 3 is 2.63 bits per heavy atom. The Balaban J connectivity index is 1.44. The van der Waals surface area contributed by atoms with E-state index < -0.39 is 27.7 Å². The maximum absolute atomic E-state index is 13.8. The predicted octanol–water partition coefficient (Wildman–Crippen LogP) is 2.36. The van der Waals surface area contributed by atoms with E-state index in [0.29, 0.717) is 25.1 Å². The number of amides is 1. The second-order valence-corrected chi connectivity index (χ2v) is 8.70. The highest BCUT2D eigenvalue weighted by Crippen LogP contribution is 2.42. The molecular formula is C18H19F2N3O3S. The predicted molar refractivity (Wildman–Crippen MR) is 93.8 cm³/mol. The first-order valence-electron chi connectivity index (χ1n) is 8.80. The monoisotopic (exact) mass is 395 g/mol. The molecule has 1 aliphatic carbocycles. The summed E-state index contributed by atoms with van der Waals surface area (Å²) in [6, 6.07) is 4.15. The van der Waals surface area contributed by atoms with Crippen LogP contribution in [0.5, 0.6) is 0 Å². The molecule has 1 saturated heterocycles. The molecule has 1 aromatic carbocycles. The highest BCUT2D eigenvalue weighted by Gasteiger charge is 2.43. The largest absolute Gasteiger partial charge is 0.356 e. The highest BCUT2D eigenvalue weighted by atomic mass is 32.2. The Morgan fingerprint density at radius 2 is 1.93 bits per heavy atom. The Kier molecular flexibility index (Phi) is 4.51. The number of benzene rings is 1. The summed E-state index contributed by atoms with van der Waals surface area (Å²) < 4.78 is 54.5. The summed E-state index contributed by atoms with van der Waals surface area (Å²) in [5.74, 6) is -1.89. The van der Waals surface area contributed by atoms with E-state index in [-0.39, 0.29) is 22.4 Å². The Labute approximate surface area is 155 Å². The van der Waals surface area contributed by atoms with E-state index in [1.54, 1.807) is 4.90 Å². The molecule has 0 unspecified atom stereocenters. The van der Waals surface area contributed by atoms with Gasteiger partial charge >= 0.3 is 0 Å².